The van der Waals surface area contributed by atoms with E-state index in [1.807, 2.05) is 100 Å². The van der Waals surface area contributed by atoms with Gasteiger partial charge < -0.3 is 43.8 Å². The van der Waals surface area contributed by atoms with Crippen LogP contribution in [0.2, 0.25) is 5.15 Å². The van der Waals surface area contributed by atoms with Crippen LogP contribution in [0.5, 0.6) is 0 Å². The lowest BCUT2D eigenvalue weighted by atomic mass is 10.0. The van der Waals surface area contributed by atoms with Gasteiger partial charge in [0.2, 0.25) is 11.8 Å². The van der Waals surface area contributed by atoms with Crippen LogP contribution in [0.15, 0.2) is 128 Å². The number of carbonyl (C=O) groups is 3. The SMILES string of the molecule is CC(C)C[C@@H](Nc1nc(Nc2ccc3ncccc3c2)c(C#N)cc1F)C(N)=O.CC(C)C[C@@H](Nc1nc(Nc2ccc3ncccc3c2)c(C(N)=O)cc1F)C(N)=O.N#Cc1cc(F)c(Cl)nc1Nc1ccc2ncccc2c1. The average Bonchev–Trinajstić information content (AvgIpc) is 3.44. The Bertz CT molecular complexity index is 3860. The molecule has 0 aliphatic rings. The second-order valence-corrected chi connectivity index (χ2v) is 19.1. The highest BCUT2D eigenvalue weighted by Crippen LogP contribution is 2.30. The number of nitriles is 2. The van der Waals surface area contributed by atoms with Gasteiger partial charge in [0.1, 0.15) is 35.9 Å². The van der Waals surface area contributed by atoms with E-state index in [-0.39, 0.29) is 62.8 Å². The number of nitrogens with one attached hydrogen (secondary N) is 5. The maximum absolute atomic E-state index is 14.6. The summed E-state index contributed by atoms with van der Waals surface area (Å²) in [6.07, 6.45) is 5.93. The Morgan fingerprint density at radius 1 is 0.525 bits per heavy atom. The number of nitrogens with two attached hydrogens (primary N) is 3. The molecule has 6 aromatic heterocycles. The molecule has 0 saturated carbocycles. The Morgan fingerprint density at radius 3 is 1.29 bits per heavy atom. The number of pyridine rings is 6. The third-order valence-electron chi connectivity index (χ3n) is 11.7. The molecule has 0 aliphatic carbocycles. The molecule has 0 unspecified atom stereocenters. The van der Waals surface area contributed by atoms with E-state index in [1.54, 1.807) is 48.9 Å². The second kappa shape index (κ2) is 26.2. The van der Waals surface area contributed by atoms with E-state index in [4.69, 9.17) is 34.1 Å². The highest BCUT2D eigenvalue weighted by atomic mass is 35.5. The number of fused-ring (bicyclic) bond motifs is 3. The molecule has 3 amide bonds. The predicted molar refractivity (Wildman–Crippen MR) is 303 cm³/mol. The van der Waals surface area contributed by atoms with Crippen LogP contribution >= 0.6 is 11.6 Å². The van der Waals surface area contributed by atoms with E-state index in [1.165, 1.54) is 0 Å². The Balaban J connectivity index is 0.000000176. The number of rotatable bonds is 17. The predicted octanol–water partition coefficient (Wildman–Crippen LogP) is 10.7. The fraction of sp³-hybridized carbons (Fsp3) is 0.175. The molecular weight excluding hydrogens is 1050 g/mol. The number of hydrogen-bond acceptors (Lipinski definition) is 16. The minimum atomic E-state index is -0.841. The van der Waals surface area contributed by atoms with Gasteiger partial charge in [0.15, 0.2) is 40.1 Å². The van der Waals surface area contributed by atoms with Gasteiger partial charge in [-0.15, -0.1) is 0 Å². The highest BCUT2D eigenvalue weighted by molar-refractivity contribution is 6.29. The smallest absolute Gasteiger partial charge is 0.252 e. The van der Waals surface area contributed by atoms with Crippen molar-refractivity contribution in [2.45, 2.75) is 52.6 Å². The molecule has 9 rings (SSSR count). The molecule has 9 aromatic rings. The zero-order valence-corrected chi connectivity index (χ0v) is 44.2. The Kier molecular flexibility index (Phi) is 18.9. The minimum absolute atomic E-state index is 0.0406. The summed E-state index contributed by atoms with van der Waals surface area (Å²) in [6.45, 7) is 7.70. The number of benzene rings is 3. The summed E-state index contributed by atoms with van der Waals surface area (Å²) in [5, 5.41) is 35.4. The van der Waals surface area contributed by atoms with Crippen molar-refractivity contribution in [2.75, 3.05) is 26.6 Å². The average molecular weight is 1100 g/mol. The molecule has 3 aromatic carbocycles. The summed E-state index contributed by atoms with van der Waals surface area (Å²) in [5.41, 5.74) is 20.7. The van der Waals surface area contributed by atoms with E-state index < -0.39 is 47.3 Å². The van der Waals surface area contributed by atoms with Crippen LogP contribution in [0, 0.1) is 51.9 Å². The standard InChI is InChI=1S/C21H23FN6O2.C21H21FN6O.C15H8ClFN4/c1-11(2)8-17(19(24)30)27-21-15(22)10-14(18(23)29)20(28-21)26-13-5-6-16-12(9-13)4-3-7-25-16;1-12(2)8-18(19(24)29)27-21-16(22)10-14(11-23)20(28-21)26-15-5-6-17-13(9-15)4-3-7-25-17;16-14-12(17)7-10(8-18)15(21-14)20-11-3-4-13-9(6-11)2-1-5-19-13/h3-7,9-11,17H,8H2,1-2H3,(H2,23,29)(H2,24,30)(H2,26,27,28);3-7,9-10,12,18H,8H2,1-2H3,(H2,24,29)(H2,26,27,28);1-7H,(H,20,21)/t17-;18-;/m11./s1. The number of halogens is 4. The number of carbonyl (C=O) groups excluding carboxylic acids is 3. The van der Waals surface area contributed by atoms with Crippen LogP contribution in [0.4, 0.5) is 59.3 Å². The van der Waals surface area contributed by atoms with Crippen LogP contribution in [-0.4, -0.2) is 59.7 Å². The van der Waals surface area contributed by atoms with Gasteiger partial charge in [-0.2, -0.15) is 10.5 Å². The number of aromatic nitrogens is 6. The van der Waals surface area contributed by atoms with Crippen molar-refractivity contribution in [2.24, 2.45) is 29.0 Å². The van der Waals surface area contributed by atoms with Crippen molar-refractivity contribution in [1.82, 2.24) is 29.9 Å². The van der Waals surface area contributed by atoms with Gasteiger partial charge in [-0.3, -0.25) is 29.3 Å². The fourth-order valence-electron chi connectivity index (χ4n) is 7.93. The normalized spacial score (nSPS) is 11.5. The summed E-state index contributed by atoms with van der Waals surface area (Å²) in [6, 6.07) is 32.9. The largest absolute Gasteiger partial charge is 0.368 e. The number of amides is 3. The summed E-state index contributed by atoms with van der Waals surface area (Å²) < 4.78 is 42.4. The molecule has 406 valence electrons. The lowest BCUT2D eigenvalue weighted by molar-refractivity contribution is -0.119. The quantitative estimate of drug-likeness (QED) is 0.0393. The second-order valence-electron chi connectivity index (χ2n) is 18.7. The van der Waals surface area contributed by atoms with Crippen molar-refractivity contribution in [3.63, 3.8) is 0 Å². The topological polar surface area (TPSA) is 314 Å². The first kappa shape index (κ1) is 57.5. The van der Waals surface area contributed by atoms with Crippen molar-refractivity contribution in [3.8, 4) is 12.1 Å². The van der Waals surface area contributed by atoms with Crippen LogP contribution < -0.4 is 43.8 Å². The van der Waals surface area contributed by atoms with Gasteiger partial charge in [-0.1, -0.05) is 57.5 Å². The summed E-state index contributed by atoms with van der Waals surface area (Å²) in [7, 11) is 0. The summed E-state index contributed by atoms with van der Waals surface area (Å²) in [4.78, 5) is 60.3. The molecule has 6 heterocycles. The lowest BCUT2D eigenvalue weighted by Gasteiger charge is -2.19. The Labute approximate surface area is 461 Å². The lowest BCUT2D eigenvalue weighted by Crippen LogP contribution is -2.37. The monoisotopic (exact) mass is 1100 g/mol. The first-order valence-corrected chi connectivity index (χ1v) is 25.0. The van der Waals surface area contributed by atoms with Crippen molar-refractivity contribution < 1.29 is 27.6 Å². The first-order valence-electron chi connectivity index (χ1n) is 24.6. The molecule has 0 saturated heterocycles. The molecule has 11 N–H and O–H groups in total. The fourth-order valence-corrected chi connectivity index (χ4v) is 8.07. The first-order chi connectivity index (χ1) is 38.3. The zero-order chi connectivity index (χ0) is 57.6. The molecule has 0 fully saturated rings. The molecule has 80 heavy (non-hydrogen) atoms. The van der Waals surface area contributed by atoms with Gasteiger partial charge in [0.05, 0.1) is 33.2 Å². The molecule has 19 nitrogen and oxygen atoms in total. The summed E-state index contributed by atoms with van der Waals surface area (Å²) in [5.74, 6) is -3.90. The van der Waals surface area contributed by atoms with Crippen LogP contribution in [0.25, 0.3) is 32.7 Å². The number of hydrogen-bond donors (Lipinski definition) is 8. The van der Waals surface area contributed by atoms with Gasteiger partial charge in [-0.05, 0) is 116 Å². The van der Waals surface area contributed by atoms with Crippen LogP contribution in [0.3, 0.4) is 0 Å². The molecule has 0 radical (unpaired) electrons. The number of primary amides is 3. The van der Waals surface area contributed by atoms with Gasteiger partial charge >= 0.3 is 0 Å². The zero-order valence-electron chi connectivity index (χ0n) is 43.4. The van der Waals surface area contributed by atoms with Crippen molar-refractivity contribution in [3.05, 3.63) is 167 Å². The van der Waals surface area contributed by atoms with Crippen molar-refractivity contribution >= 4 is 108 Å². The van der Waals surface area contributed by atoms with E-state index in [9.17, 15) is 32.8 Å². The third-order valence-corrected chi connectivity index (χ3v) is 12.0. The Morgan fingerprint density at radius 2 is 0.900 bits per heavy atom. The third kappa shape index (κ3) is 15.1. The van der Waals surface area contributed by atoms with E-state index in [0.29, 0.717) is 29.9 Å². The molecule has 0 aliphatic heterocycles. The van der Waals surface area contributed by atoms with Gasteiger partial charge in [0, 0.05) is 51.8 Å². The van der Waals surface area contributed by atoms with Crippen LogP contribution in [0.1, 0.15) is 62.0 Å². The van der Waals surface area contributed by atoms with E-state index in [0.717, 1.165) is 50.9 Å². The van der Waals surface area contributed by atoms with Crippen molar-refractivity contribution in [1.29, 1.82) is 10.5 Å². The maximum Gasteiger partial charge on any atom is 0.252 e. The molecule has 2 atom stereocenters. The van der Waals surface area contributed by atoms with Gasteiger partial charge in [-0.25, -0.2) is 28.1 Å². The molecule has 23 heteroatoms. The van der Waals surface area contributed by atoms with E-state index >= 15 is 0 Å². The van der Waals surface area contributed by atoms with E-state index in [2.05, 4.69) is 56.5 Å². The maximum atomic E-state index is 14.6. The summed E-state index contributed by atoms with van der Waals surface area (Å²) >= 11 is 5.66. The molecule has 0 bridgehead atoms. The molecular formula is C57H52ClF3N16O3. The Hall–Kier alpha value is -10.2. The van der Waals surface area contributed by atoms with Crippen LogP contribution in [-0.2, 0) is 9.59 Å². The minimum Gasteiger partial charge on any atom is -0.368 e. The molecule has 0 spiro atoms. The highest BCUT2D eigenvalue weighted by Gasteiger charge is 2.24. The number of nitrogens with zero attached hydrogens (tertiary/aromatic N) is 8. The number of anilines is 8. The van der Waals surface area contributed by atoms with Gasteiger partial charge in [0.25, 0.3) is 5.91 Å².